The Morgan fingerprint density at radius 2 is 2.11 bits per heavy atom. The standard InChI is InChI=1S/C16H23N3/c1-11-6-13(9-16(2,3)8-11)19-15-5-4-12(10-17)7-14(15)18/h4-5,7,11,13,19H,6,8-9,18H2,1-3H3/t11-,13?/m0/s1. The number of nitrogens with zero attached hydrogens (tertiary/aromatic N) is 1. The molecule has 3 nitrogen and oxygen atoms in total. The topological polar surface area (TPSA) is 61.8 Å². The molecule has 0 bridgehead atoms. The molecule has 1 aliphatic carbocycles. The van der Waals surface area contributed by atoms with Crippen molar-refractivity contribution in [2.45, 2.75) is 46.1 Å². The average Bonchev–Trinajstić information content (AvgIpc) is 2.29. The Kier molecular flexibility index (Phi) is 3.71. The molecule has 0 amide bonds. The van der Waals surface area contributed by atoms with Gasteiger partial charge in [-0.3, -0.25) is 0 Å². The molecule has 0 aliphatic heterocycles. The van der Waals surface area contributed by atoms with E-state index < -0.39 is 0 Å². The number of nitrogens with one attached hydrogen (secondary N) is 1. The monoisotopic (exact) mass is 257 g/mol. The van der Waals surface area contributed by atoms with Crippen LogP contribution in [0.2, 0.25) is 0 Å². The molecule has 1 aromatic carbocycles. The fourth-order valence-electron chi connectivity index (χ4n) is 3.44. The third kappa shape index (κ3) is 3.41. The summed E-state index contributed by atoms with van der Waals surface area (Å²) >= 11 is 0. The van der Waals surface area contributed by atoms with E-state index in [9.17, 15) is 0 Å². The van der Waals surface area contributed by atoms with Crippen LogP contribution in [0.1, 0.15) is 45.6 Å². The van der Waals surface area contributed by atoms with E-state index in [0.29, 0.717) is 22.7 Å². The normalized spacial score (nSPS) is 25.6. The molecular weight excluding hydrogens is 234 g/mol. The zero-order valence-electron chi connectivity index (χ0n) is 12.0. The number of nitriles is 1. The molecule has 0 saturated heterocycles. The van der Waals surface area contributed by atoms with Gasteiger partial charge in [0.1, 0.15) is 0 Å². The van der Waals surface area contributed by atoms with Crippen molar-refractivity contribution in [1.29, 1.82) is 5.26 Å². The summed E-state index contributed by atoms with van der Waals surface area (Å²) in [6.07, 6.45) is 3.63. The van der Waals surface area contributed by atoms with Crippen LogP contribution in [0.3, 0.4) is 0 Å². The summed E-state index contributed by atoms with van der Waals surface area (Å²) in [7, 11) is 0. The van der Waals surface area contributed by atoms with Gasteiger partial charge >= 0.3 is 0 Å². The highest BCUT2D eigenvalue weighted by atomic mass is 14.9. The molecule has 0 spiro atoms. The SMILES string of the molecule is C[C@H]1CC(Nc2ccc(C#N)cc2N)CC(C)(C)C1. The molecule has 3 heteroatoms. The number of anilines is 2. The number of hydrogen-bond donors (Lipinski definition) is 2. The van der Waals surface area contributed by atoms with Gasteiger partial charge in [0.15, 0.2) is 0 Å². The molecule has 1 aliphatic rings. The summed E-state index contributed by atoms with van der Waals surface area (Å²) in [6, 6.07) is 8.05. The Hall–Kier alpha value is -1.69. The lowest BCUT2D eigenvalue weighted by molar-refractivity contribution is 0.178. The highest BCUT2D eigenvalue weighted by molar-refractivity contribution is 5.68. The van der Waals surface area contributed by atoms with E-state index in [-0.39, 0.29) is 0 Å². The van der Waals surface area contributed by atoms with Gasteiger partial charge in [0, 0.05) is 6.04 Å². The van der Waals surface area contributed by atoms with Gasteiger partial charge in [-0.05, 0) is 48.8 Å². The fourth-order valence-corrected chi connectivity index (χ4v) is 3.44. The Balaban J connectivity index is 2.11. The van der Waals surface area contributed by atoms with Crippen molar-refractivity contribution in [2.24, 2.45) is 11.3 Å². The van der Waals surface area contributed by atoms with Crippen molar-refractivity contribution in [1.82, 2.24) is 0 Å². The second kappa shape index (κ2) is 5.13. The van der Waals surface area contributed by atoms with E-state index >= 15 is 0 Å². The van der Waals surface area contributed by atoms with Gasteiger partial charge in [-0.2, -0.15) is 5.26 Å². The van der Waals surface area contributed by atoms with Crippen molar-refractivity contribution in [3.63, 3.8) is 0 Å². The van der Waals surface area contributed by atoms with E-state index in [1.54, 1.807) is 6.07 Å². The lowest BCUT2D eigenvalue weighted by Gasteiger charge is -2.39. The molecular formula is C16H23N3. The number of nitrogen functional groups attached to an aromatic ring is 1. The van der Waals surface area contributed by atoms with Gasteiger partial charge in [-0.1, -0.05) is 20.8 Å². The maximum Gasteiger partial charge on any atom is 0.0992 e. The third-order valence-electron chi connectivity index (χ3n) is 3.93. The van der Waals surface area contributed by atoms with Gasteiger partial charge in [0.05, 0.1) is 23.0 Å². The average molecular weight is 257 g/mol. The first-order valence-corrected chi connectivity index (χ1v) is 6.96. The highest BCUT2D eigenvalue weighted by Gasteiger charge is 2.32. The Labute approximate surface area is 115 Å². The first kappa shape index (κ1) is 13.7. The molecule has 102 valence electrons. The lowest BCUT2D eigenvalue weighted by atomic mass is 9.70. The predicted molar refractivity (Wildman–Crippen MR) is 79.8 cm³/mol. The smallest absolute Gasteiger partial charge is 0.0992 e. The van der Waals surface area contributed by atoms with Gasteiger partial charge in [0.2, 0.25) is 0 Å². The van der Waals surface area contributed by atoms with Crippen LogP contribution in [0.25, 0.3) is 0 Å². The molecule has 2 rings (SSSR count). The van der Waals surface area contributed by atoms with Gasteiger partial charge in [-0.15, -0.1) is 0 Å². The number of hydrogen-bond acceptors (Lipinski definition) is 3. The van der Waals surface area contributed by atoms with Crippen LogP contribution in [0.5, 0.6) is 0 Å². The summed E-state index contributed by atoms with van der Waals surface area (Å²) in [4.78, 5) is 0. The largest absolute Gasteiger partial charge is 0.397 e. The quantitative estimate of drug-likeness (QED) is 0.793. The first-order chi connectivity index (χ1) is 8.89. The lowest BCUT2D eigenvalue weighted by Crippen LogP contribution is -2.35. The maximum absolute atomic E-state index is 8.85. The Morgan fingerprint density at radius 1 is 1.37 bits per heavy atom. The van der Waals surface area contributed by atoms with Crippen molar-refractivity contribution in [2.75, 3.05) is 11.1 Å². The molecule has 19 heavy (non-hydrogen) atoms. The third-order valence-corrected chi connectivity index (χ3v) is 3.93. The van der Waals surface area contributed by atoms with Crippen LogP contribution >= 0.6 is 0 Å². The second-order valence-corrected chi connectivity index (χ2v) is 6.67. The van der Waals surface area contributed by atoms with Crippen molar-refractivity contribution in [3.8, 4) is 6.07 Å². The van der Waals surface area contributed by atoms with Crippen LogP contribution in [-0.2, 0) is 0 Å². The molecule has 1 unspecified atom stereocenters. The van der Waals surface area contributed by atoms with Crippen LogP contribution in [0.15, 0.2) is 18.2 Å². The molecule has 0 aromatic heterocycles. The minimum Gasteiger partial charge on any atom is -0.397 e. The first-order valence-electron chi connectivity index (χ1n) is 6.96. The summed E-state index contributed by atoms with van der Waals surface area (Å²) < 4.78 is 0. The van der Waals surface area contributed by atoms with Gasteiger partial charge < -0.3 is 11.1 Å². The molecule has 0 heterocycles. The van der Waals surface area contributed by atoms with Crippen LogP contribution in [-0.4, -0.2) is 6.04 Å². The van der Waals surface area contributed by atoms with Crippen molar-refractivity contribution >= 4 is 11.4 Å². The molecule has 3 N–H and O–H groups in total. The summed E-state index contributed by atoms with van der Waals surface area (Å²) in [5.74, 6) is 0.737. The van der Waals surface area contributed by atoms with Crippen LogP contribution in [0, 0.1) is 22.7 Å². The van der Waals surface area contributed by atoms with E-state index in [1.165, 1.54) is 12.8 Å². The highest BCUT2D eigenvalue weighted by Crippen LogP contribution is 2.40. The zero-order chi connectivity index (χ0) is 14.0. The second-order valence-electron chi connectivity index (χ2n) is 6.67. The molecule has 1 saturated carbocycles. The van der Waals surface area contributed by atoms with E-state index in [1.807, 2.05) is 12.1 Å². The Morgan fingerprint density at radius 3 is 2.68 bits per heavy atom. The van der Waals surface area contributed by atoms with E-state index in [2.05, 4.69) is 32.2 Å². The maximum atomic E-state index is 8.85. The minimum atomic E-state index is 0.386. The molecule has 1 fully saturated rings. The van der Waals surface area contributed by atoms with Gasteiger partial charge in [0.25, 0.3) is 0 Å². The number of benzene rings is 1. The number of rotatable bonds is 2. The molecule has 2 atom stereocenters. The predicted octanol–water partition coefficient (Wildman–Crippen LogP) is 3.77. The minimum absolute atomic E-state index is 0.386. The summed E-state index contributed by atoms with van der Waals surface area (Å²) in [5, 5.41) is 12.4. The number of nitrogens with two attached hydrogens (primary N) is 1. The van der Waals surface area contributed by atoms with Crippen molar-refractivity contribution in [3.05, 3.63) is 23.8 Å². The molecule has 0 radical (unpaired) electrons. The van der Waals surface area contributed by atoms with Crippen LogP contribution in [0.4, 0.5) is 11.4 Å². The van der Waals surface area contributed by atoms with Crippen molar-refractivity contribution < 1.29 is 0 Å². The van der Waals surface area contributed by atoms with Gasteiger partial charge in [-0.25, -0.2) is 0 Å². The fraction of sp³-hybridized carbons (Fsp3) is 0.562. The Bertz CT molecular complexity index is 499. The van der Waals surface area contributed by atoms with E-state index in [4.69, 9.17) is 11.0 Å². The molecule has 1 aromatic rings. The zero-order valence-corrected chi connectivity index (χ0v) is 12.0. The van der Waals surface area contributed by atoms with Crippen LogP contribution < -0.4 is 11.1 Å². The summed E-state index contributed by atoms with van der Waals surface area (Å²) in [6.45, 7) is 6.98. The summed E-state index contributed by atoms with van der Waals surface area (Å²) in [5.41, 5.74) is 8.61. The van der Waals surface area contributed by atoms with E-state index in [0.717, 1.165) is 18.0 Å².